The van der Waals surface area contributed by atoms with Gasteiger partial charge in [-0.1, -0.05) is 25.5 Å². The van der Waals surface area contributed by atoms with Gasteiger partial charge < -0.3 is 19.1 Å². The van der Waals surface area contributed by atoms with E-state index in [1.165, 1.54) is 5.56 Å². The van der Waals surface area contributed by atoms with Gasteiger partial charge in [0.2, 0.25) is 0 Å². The summed E-state index contributed by atoms with van der Waals surface area (Å²) in [7, 11) is 4.87. The van der Waals surface area contributed by atoms with Gasteiger partial charge in [0.15, 0.2) is 17.3 Å². The van der Waals surface area contributed by atoms with E-state index in [1.807, 2.05) is 18.2 Å². The highest BCUT2D eigenvalue weighted by Crippen LogP contribution is 2.28. The summed E-state index contributed by atoms with van der Waals surface area (Å²) in [5, 5.41) is 0. The number of ether oxygens (including phenoxy) is 3. The van der Waals surface area contributed by atoms with E-state index in [9.17, 15) is 4.79 Å². The fraction of sp³-hybridized carbons (Fsp3) is 0.500. The van der Waals surface area contributed by atoms with Crippen LogP contribution in [0.15, 0.2) is 42.5 Å². The second-order valence-electron chi connectivity index (χ2n) is 7.83. The van der Waals surface area contributed by atoms with Crippen LogP contribution < -0.4 is 14.2 Å². The molecule has 0 amide bonds. The predicted octanol–water partition coefficient (Wildman–Crippen LogP) is 5.41. The van der Waals surface area contributed by atoms with Crippen molar-refractivity contribution in [1.29, 1.82) is 0 Å². The van der Waals surface area contributed by atoms with Crippen LogP contribution >= 0.6 is 0 Å². The molecule has 0 heterocycles. The Hall–Kier alpha value is -2.53. The molecular formula is C26H37NO4. The Morgan fingerprint density at radius 3 is 2.23 bits per heavy atom. The van der Waals surface area contributed by atoms with Gasteiger partial charge in [-0.3, -0.25) is 4.79 Å². The number of hydrogen-bond acceptors (Lipinski definition) is 5. The zero-order chi connectivity index (χ0) is 22.6. The lowest BCUT2D eigenvalue weighted by Crippen LogP contribution is -2.35. The number of rotatable bonds is 14. The van der Waals surface area contributed by atoms with Crippen molar-refractivity contribution in [2.75, 3.05) is 34.4 Å². The fourth-order valence-corrected chi connectivity index (χ4v) is 3.85. The van der Waals surface area contributed by atoms with Crippen molar-refractivity contribution in [3.63, 3.8) is 0 Å². The molecule has 1 atom stereocenters. The van der Waals surface area contributed by atoms with Gasteiger partial charge in [-0.05, 0) is 75.2 Å². The fourth-order valence-electron chi connectivity index (χ4n) is 3.85. The van der Waals surface area contributed by atoms with Crippen LogP contribution in [0.25, 0.3) is 0 Å². The molecule has 2 aromatic carbocycles. The van der Waals surface area contributed by atoms with E-state index in [2.05, 4.69) is 30.9 Å². The lowest BCUT2D eigenvalue weighted by Gasteiger charge is -2.28. The van der Waals surface area contributed by atoms with Crippen molar-refractivity contribution in [3.8, 4) is 17.2 Å². The molecule has 0 saturated carbocycles. The van der Waals surface area contributed by atoms with Crippen LogP contribution in [-0.2, 0) is 6.42 Å². The van der Waals surface area contributed by atoms with Crippen LogP contribution in [0.3, 0.4) is 0 Å². The first-order valence-electron chi connectivity index (χ1n) is 11.1. The quantitative estimate of drug-likeness (QED) is 0.298. The standard InChI is InChI=1S/C26H37NO4/c1-6-27(20(2)18-21-11-14-23(29-3)15-12-21)17-9-7-8-10-24(28)22-13-16-25(30-4)26(19-22)31-5/h11-16,19-20H,6-10,17-18H2,1-5H3. The van der Waals surface area contributed by atoms with Crippen molar-refractivity contribution in [3.05, 3.63) is 53.6 Å². The summed E-state index contributed by atoms with van der Waals surface area (Å²) < 4.78 is 15.8. The molecule has 5 nitrogen and oxygen atoms in total. The molecule has 5 heteroatoms. The number of carbonyl (C=O) groups is 1. The van der Waals surface area contributed by atoms with E-state index < -0.39 is 0 Å². The van der Waals surface area contributed by atoms with Crippen LogP contribution in [0, 0.1) is 0 Å². The summed E-state index contributed by atoms with van der Waals surface area (Å²) in [6.45, 7) is 6.58. The monoisotopic (exact) mass is 427 g/mol. The molecule has 0 bridgehead atoms. The Balaban J connectivity index is 1.74. The van der Waals surface area contributed by atoms with Gasteiger partial charge in [0.25, 0.3) is 0 Å². The van der Waals surface area contributed by atoms with Crippen molar-refractivity contribution >= 4 is 5.78 Å². The molecule has 0 aliphatic carbocycles. The topological polar surface area (TPSA) is 48.0 Å². The smallest absolute Gasteiger partial charge is 0.163 e. The molecule has 170 valence electrons. The van der Waals surface area contributed by atoms with Gasteiger partial charge in [-0.2, -0.15) is 0 Å². The van der Waals surface area contributed by atoms with E-state index in [4.69, 9.17) is 14.2 Å². The lowest BCUT2D eigenvalue weighted by molar-refractivity contribution is 0.0978. The minimum atomic E-state index is 0.154. The number of nitrogens with zero attached hydrogens (tertiary/aromatic N) is 1. The second kappa shape index (κ2) is 13.0. The third-order valence-corrected chi connectivity index (χ3v) is 5.77. The molecule has 31 heavy (non-hydrogen) atoms. The van der Waals surface area contributed by atoms with Gasteiger partial charge in [0, 0.05) is 18.0 Å². The van der Waals surface area contributed by atoms with Crippen molar-refractivity contribution in [2.24, 2.45) is 0 Å². The zero-order valence-electron chi connectivity index (χ0n) is 19.6. The van der Waals surface area contributed by atoms with E-state index in [0.29, 0.717) is 29.5 Å². The minimum Gasteiger partial charge on any atom is -0.497 e. The van der Waals surface area contributed by atoms with Crippen LogP contribution in [-0.4, -0.2) is 51.1 Å². The average molecular weight is 428 g/mol. The van der Waals surface area contributed by atoms with Crippen LogP contribution in [0.2, 0.25) is 0 Å². The number of unbranched alkanes of at least 4 members (excludes halogenated alkanes) is 2. The van der Waals surface area contributed by atoms with Gasteiger partial charge in [0.05, 0.1) is 21.3 Å². The highest BCUT2D eigenvalue weighted by atomic mass is 16.5. The van der Waals surface area contributed by atoms with Gasteiger partial charge in [0.1, 0.15) is 5.75 Å². The highest BCUT2D eigenvalue weighted by Gasteiger charge is 2.13. The number of likely N-dealkylation sites (N-methyl/N-ethyl adjacent to an activating group) is 1. The predicted molar refractivity (Wildman–Crippen MR) is 126 cm³/mol. The molecule has 0 fully saturated rings. The largest absolute Gasteiger partial charge is 0.497 e. The summed E-state index contributed by atoms with van der Waals surface area (Å²) in [4.78, 5) is 15.0. The average Bonchev–Trinajstić information content (AvgIpc) is 2.81. The summed E-state index contributed by atoms with van der Waals surface area (Å²) in [6.07, 6.45) is 4.63. The Labute approximate surface area is 187 Å². The van der Waals surface area contributed by atoms with E-state index >= 15 is 0 Å². The number of methoxy groups -OCH3 is 3. The molecule has 0 N–H and O–H groups in total. The SMILES string of the molecule is CCN(CCCCCC(=O)c1ccc(OC)c(OC)c1)C(C)Cc1ccc(OC)cc1. The first kappa shape index (κ1) is 24.7. The molecule has 2 aromatic rings. The van der Waals surface area contributed by atoms with E-state index in [-0.39, 0.29) is 5.78 Å². The molecule has 0 aliphatic heterocycles. The second-order valence-corrected chi connectivity index (χ2v) is 7.83. The molecule has 0 aromatic heterocycles. The maximum atomic E-state index is 12.5. The van der Waals surface area contributed by atoms with Crippen molar-refractivity contribution in [2.45, 2.75) is 52.0 Å². The Morgan fingerprint density at radius 1 is 0.903 bits per heavy atom. The number of hydrogen-bond donors (Lipinski definition) is 0. The molecule has 0 aliphatic rings. The first-order valence-corrected chi connectivity index (χ1v) is 11.1. The maximum Gasteiger partial charge on any atom is 0.163 e. The van der Waals surface area contributed by atoms with E-state index in [1.54, 1.807) is 33.5 Å². The summed E-state index contributed by atoms with van der Waals surface area (Å²) in [6, 6.07) is 14.2. The minimum absolute atomic E-state index is 0.154. The highest BCUT2D eigenvalue weighted by molar-refractivity contribution is 5.96. The number of Topliss-reactive ketones (excluding diaryl/α,β-unsaturated/α-hetero) is 1. The van der Waals surface area contributed by atoms with Crippen LogP contribution in [0.1, 0.15) is 55.5 Å². The third kappa shape index (κ3) is 7.59. The van der Waals surface area contributed by atoms with Gasteiger partial charge in [-0.15, -0.1) is 0 Å². The van der Waals surface area contributed by atoms with Gasteiger partial charge >= 0.3 is 0 Å². The normalized spacial score (nSPS) is 11.9. The number of ketones is 1. The summed E-state index contributed by atoms with van der Waals surface area (Å²) in [5.74, 6) is 2.29. The number of carbonyl (C=O) groups excluding carboxylic acids is 1. The van der Waals surface area contributed by atoms with Crippen LogP contribution in [0.5, 0.6) is 17.2 Å². The molecule has 0 radical (unpaired) electrons. The zero-order valence-corrected chi connectivity index (χ0v) is 19.6. The summed E-state index contributed by atoms with van der Waals surface area (Å²) in [5.41, 5.74) is 2.01. The van der Waals surface area contributed by atoms with E-state index in [0.717, 1.165) is 44.5 Å². The lowest BCUT2D eigenvalue weighted by atomic mass is 10.0. The third-order valence-electron chi connectivity index (χ3n) is 5.77. The van der Waals surface area contributed by atoms with Gasteiger partial charge in [-0.25, -0.2) is 0 Å². The Bertz CT molecular complexity index is 804. The molecule has 2 rings (SSSR count). The molecule has 1 unspecified atom stereocenters. The van der Waals surface area contributed by atoms with Crippen molar-refractivity contribution < 1.29 is 19.0 Å². The first-order chi connectivity index (χ1) is 15.0. The number of benzene rings is 2. The molecule has 0 spiro atoms. The Kier molecular flexibility index (Phi) is 10.4. The molecular weight excluding hydrogens is 390 g/mol. The Morgan fingerprint density at radius 2 is 1.61 bits per heavy atom. The summed E-state index contributed by atoms with van der Waals surface area (Å²) >= 11 is 0. The van der Waals surface area contributed by atoms with Crippen LogP contribution in [0.4, 0.5) is 0 Å². The maximum absolute atomic E-state index is 12.5. The molecule has 0 saturated heterocycles. The van der Waals surface area contributed by atoms with Crippen molar-refractivity contribution in [1.82, 2.24) is 4.90 Å².